The van der Waals surface area contributed by atoms with Gasteiger partial charge in [0.15, 0.2) is 5.76 Å². The van der Waals surface area contributed by atoms with Crippen molar-refractivity contribution in [2.75, 3.05) is 21.3 Å². The van der Waals surface area contributed by atoms with Crippen LogP contribution in [-0.2, 0) is 14.2 Å². The Morgan fingerprint density at radius 1 is 1.12 bits per heavy atom. The average molecular weight is 462 g/mol. The fraction of sp³-hybridized carbons (Fsp3) is 0.556. The Balaban J connectivity index is 2.80. The third kappa shape index (κ3) is 7.83. The molecule has 1 unspecified atom stereocenters. The molecule has 1 aliphatic heterocycles. The van der Waals surface area contributed by atoms with Gasteiger partial charge in [0.05, 0.1) is 26.4 Å². The van der Waals surface area contributed by atoms with E-state index in [0.29, 0.717) is 12.0 Å². The lowest BCUT2D eigenvalue weighted by Crippen LogP contribution is -2.38. The third-order valence-electron chi connectivity index (χ3n) is 5.93. The van der Waals surface area contributed by atoms with E-state index in [0.717, 1.165) is 17.9 Å². The molecule has 3 atom stereocenters. The van der Waals surface area contributed by atoms with Crippen LogP contribution in [0.1, 0.15) is 60.8 Å². The van der Waals surface area contributed by atoms with Gasteiger partial charge in [-0.25, -0.2) is 5.06 Å². The van der Waals surface area contributed by atoms with Gasteiger partial charge in [-0.1, -0.05) is 55.4 Å². The Kier molecular flexibility index (Phi) is 12.1. The second-order valence-electron chi connectivity index (χ2n) is 8.61. The molecule has 1 aliphatic rings. The summed E-state index contributed by atoms with van der Waals surface area (Å²) in [6.45, 7) is 12.4. The van der Waals surface area contributed by atoms with E-state index in [1.54, 1.807) is 14.0 Å². The van der Waals surface area contributed by atoms with E-state index in [2.05, 4.69) is 65.0 Å². The van der Waals surface area contributed by atoms with Crippen molar-refractivity contribution in [3.63, 3.8) is 0 Å². The van der Waals surface area contributed by atoms with Crippen LogP contribution in [0, 0.1) is 5.92 Å². The van der Waals surface area contributed by atoms with Crippen LogP contribution in [0.2, 0.25) is 0 Å². The first-order chi connectivity index (χ1) is 15.6. The highest BCUT2D eigenvalue weighted by molar-refractivity contribution is 5.34. The highest BCUT2D eigenvalue weighted by Gasteiger charge is 2.34. The van der Waals surface area contributed by atoms with Crippen LogP contribution in [0.3, 0.4) is 0 Å². The highest BCUT2D eigenvalue weighted by atomic mass is 16.6. The van der Waals surface area contributed by atoms with Crippen LogP contribution in [0.25, 0.3) is 0 Å². The predicted octanol–water partition coefficient (Wildman–Crippen LogP) is 6.59. The number of hydrogen-bond donors (Lipinski definition) is 2. The molecule has 6 heteroatoms. The van der Waals surface area contributed by atoms with Crippen LogP contribution >= 0.6 is 0 Å². The van der Waals surface area contributed by atoms with Crippen LogP contribution in [0.4, 0.5) is 0 Å². The van der Waals surface area contributed by atoms with Crippen molar-refractivity contribution in [3.05, 3.63) is 70.1 Å². The number of methoxy groups -OCH3 is 3. The molecule has 0 aromatic heterocycles. The molecule has 0 saturated heterocycles. The normalized spacial score (nSPS) is 20.6. The molecule has 33 heavy (non-hydrogen) atoms. The number of rotatable bonds is 12. The lowest BCUT2D eigenvalue weighted by atomic mass is 9.95. The lowest BCUT2D eigenvalue weighted by Gasteiger charge is -2.33. The summed E-state index contributed by atoms with van der Waals surface area (Å²) in [5.41, 5.74) is 4.26. The van der Waals surface area contributed by atoms with Crippen molar-refractivity contribution < 1.29 is 24.5 Å². The van der Waals surface area contributed by atoms with Crippen LogP contribution in [0.15, 0.2) is 70.1 Å². The number of nitrogens with zero attached hydrogens (tertiary/aromatic N) is 1. The average Bonchev–Trinajstić information content (AvgIpc) is 2.76. The number of ether oxygens (including phenoxy) is 3. The maximum atomic E-state index is 10.6. The molecule has 0 amide bonds. The maximum absolute atomic E-state index is 10.6. The molecule has 6 nitrogen and oxygen atoms in total. The first kappa shape index (κ1) is 28.6. The first-order valence-corrected chi connectivity index (χ1v) is 11.5. The van der Waals surface area contributed by atoms with Crippen molar-refractivity contribution in [2.45, 2.75) is 73.0 Å². The summed E-state index contributed by atoms with van der Waals surface area (Å²) in [7, 11) is 4.62. The Labute approximate surface area is 200 Å². The van der Waals surface area contributed by atoms with E-state index in [1.807, 2.05) is 0 Å². The molecule has 186 valence electrons. The minimum absolute atomic E-state index is 0.00358. The van der Waals surface area contributed by atoms with Gasteiger partial charge in [0.1, 0.15) is 0 Å². The summed E-state index contributed by atoms with van der Waals surface area (Å²) < 4.78 is 16.1. The smallest absolute Gasteiger partial charge is 0.261 e. The zero-order valence-corrected chi connectivity index (χ0v) is 21.8. The van der Waals surface area contributed by atoms with E-state index < -0.39 is 6.04 Å². The number of aliphatic hydroxyl groups excluding tert-OH is 1. The fourth-order valence-electron chi connectivity index (χ4n) is 4.15. The zero-order chi connectivity index (χ0) is 25.1. The summed E-state index contributed by atoms with van der Waals surface area (Å²) >= 11 is 0. The van der Waals surface area contributed by atoms with Gasteiger partial charge in [0.25, 0.3) is 5.88 Å². The molecule has 0 aromatic rings. The number of hydrogen-bond acceptors (Lipinski definition) is 6. The maximum Gasteiger partial charge on any atom is 0.261 e. The van der Waals surface area contributed by atoms with E-state index in [-0.39, 0.29) is 29.4 Å². The second-order valence-corrected chi connectivity index (χ2v) is 8.61. The molecule has 0 aromatic carbocycles. The molecule has 0 radical (unpaired) electrons. The summed E-state index contributed by atoms with van der Waals surface area (Å²) in [6, 6.07) is -0.425. The minimum Gasteiger partial charge on any atom is -0.504 e. The van der Waals surface area contributed by atoms with Gasteiger partial charge in [0.2, 0.25) is 5.76 Å². The summed E-state index contributed by atoms with van der Waals surface area (Å²) in [5.74, 6) is 0.516. The Morgan fingerprint density at radius 3 is 2.33 bits per heavy atom. The van der Waals surface area contributed by atoms with Gasteiger partial charge in [-0.05, 0) is 58.1 Å². The van der Waals surface area contributed by atoms with E-state index in [1.165, 1.54) is 30.9 Å². The summed E-state index contributed by atoms with van der Waals surface area (Å²) in [5, 5.41) is 22.0. The van der Waals surface area contributed by atoms with Gasteiger partial charge in [0, 0.05) is 13.0 Å². The third-order valence-corrected chi connectivity index (χ3v) is 5.93. The Morgan fingerprint density at radius 2 is 1.79 bits per heavy atom. The molecule has 0 aliphatic carbocycles. The standard InChI is InChI=1S/C27H43NO5/c1-10-12-20(4)25(31-7)21(5)17-19(3)14-11-13-18(2)15-16-23-22(6)24(29)26(32-8)27(33-9)28(23)30/h11-12,14-15,17,21,23,25,29-30H,10,13,16H2,1-9H3/b14-11+,18-15+,19-17+,20-12+/t21-,23?,25+/m0/s1. The van der Waals surface area contributed by atoms with Crippen molar-refractivity contribution >= 4 is 0 Å². The molecule has 2 N–H and O–H groups in total. The Bertz CT molecular complexity index is 831. The van der Waals surface area contributed by atoms with Crippen molar-refractivity contribution in [1.82, 2.24) is 5.06 Å². The van der Waals surface area contributed by atoms with Crippen LogP contribution in [0.5, 0.6) is 0 Å². The number of allylic oxidation sites excluding steroid dienone is 5. The summed E-state index contributed by atoms with van der Waals surface area (Å²) in [4.78, 5) is 0. The largest absolute Gasteiger partial charge is 0.504 e. The van der Waals surface area contributed by atoms with E-state index >= 15 is 0 Å². The van der Waals surface area contributed by atoms with Gasteiger partial charge >= 0.3 is 0 Å². The van der Waals surface area contributed by atoms with Gasteiger partial charge < -0.3 is 19.3 Å². The van der Waals surface area contributed by atoms with E-state index in [4.69, 9.17) is 14.2 Å². The van der Waals surface area contributed by atoms with Gasteiger partial charge in [-0.3, -0.25) is 5.21 Å². The topological polar surface area (TPSA) is 71.4 Å². The van der Waals surface area contributed by atoms with Crippen molar-refractivity contribution in [2.24, 2.45) is 5.92 Å². The lowest BCUT2D eigenvalue weighted by molar-refractivity contribution is -0.133. The second kappa shape index (κ2) is 14.0. The molecule has 0 bridgehead atoms. The zero-order valence-electron chi connectivity index (χ0n) is 21.8. The molecule has 0 saturated carbocycles. The quantitative estimate of drug-likeness (QED) is 0.252. The van der Waals surface area contributed by atoms with Gasteiger partial charge in [-0.2, -0.15) is 0 Å². The molecule has 0 spiro atoms. The first-order valence-electron chi connectivity index (χ1n) is 11.5. The van der Waals surface area contributed by atoms with Crippen LogP contribution in [-0.4, -0.2) is 48.9 Å². The highest BCUT2D eigenvalue weighted by Crippen LogP contribution is 2.32. The fourth-order valence-corrected chi connectivity index (χ4v) is 4.15. The molecule has 1 heterocycles. The van der Waals surface area contributed by atoms with Crippen molar-refractivity contribution in [1.29, 1.82) is 0 Å². The summed E-state index contributed by atoms with van der Waals surface area (Å²) in [6.07, 6.45) is 13.2. The van der Waals surface area contributed by atoms with Crippen molar-refractivity contribution in [3.8, 4) is 0 Å². The SMILES string of the molecule is CC/C=C(\C)[C@@H](OC)[C@@H](C)/C=C(C)/C=C/C/C(C)=C/CC1C(C)=C(O)C(OC)=C(OC)N1O. The monoisotopic (exact) mass is 461 g/mol. The van der Waals surface area contributed by atoms with E-state index in [9.17, 15) is 10.3 Å². The molecular formula is C27H43NO5. The molecule has 1 rings (SSSR count). The van der Waals surface area contributed by atoms with Crippen LogP contribution < -0.4 is 0 Å². The number of aliphatic hydroxyl groups is 1. The molecule has 0 fully saturated rings. The number of hydroxylamine groups is 2. The molecular weight excluding hydrogens is 418 g/mol. The Hall–Kier alpha value is -2.44. The predicted molar refractivity (Wildman–Crippen MR) is 134 cm³/mol. The van der Waals surface area contributed by atoms with Gasteiger partial charge in [-0.15, -0.1) is 0 Å². The minimum atomic E-state index is -0.425.